The fraction of sp³-hybridized carbons (Fsp3) is 0.391. The Hall–Kier alpha value is -2.70. The molecule has 6 heteroatoms. The van der Waals surface area contributed by atoms with Crippen molar-refractivity contribution >= 4 is 11.9 Å². The molecule has 2 aromatic carbocycles. The molecule has 0 bridgehead atoms. The summed E-state index contributed by atoms with van der Waals surface area (Å²) in [6.45, 7) is 8.08. The first-order valence-corrected chi connectivity index (χ1v) is 10.2. The molecule has 154 valence electrons. The summed E-state index contributed by atoms with van der Waals surface area (Å²) in [6, 6.07) is 17.7. The van der Waals surface area contributed by atoms with Crippen molar-refractivity contribution in [2.45, 2.75) is 26.4 Å². The Morgan fingerprint density at radius 1 is 0.897 bits per heavy atom. The molecule has 3 amide bonds. The molecule has 0 spiro atoms. The van der Waals surface area contributed by atoms with E-state index < -0.39 is 6.03 Å². The van der Waals surface area contributed by atoms with E-state index in [2.05, 4.69) is 51.6 Å². The molecule has 0 atom stereocenters. The van der Waals surface area contributed by atoms with Gasteiger partial charge in [0.25, 0.3) is 0 Å². The van der Waals surface area contributed by atoms with Gasteiger partial charge in [-0.15, -0.1) is 0 Å². The third-order valence-corrected chi connectivity index (χ3v) is 5.32. The van der Waals surface area contributed by atoms with Crippen LogP contribution in [0, 0.1) is 6.92 Å². The lowest BCUT2D eigenvalue weighted by Crippen LogP contribution is -2.47. The zero-order chi connectivity index (χ0) is 20.5. The lowest BCUT2D eigenvalue weighted by Gasteiger charge is -2.34. The molecule has 1 aliphatic heterocycles. The molecule has 1 aliphatic rings. The molecule has 0 saturated carbocycles. The minimum atomic E-state index is -0.443. The van der Waals surface area contributed by atoms with Crippen LogP contribution >= 0.6 is 0 Å². The molecule has 1 fully saturated rings. The fourth-order valence-corrected chi connectivity index (χ4v) is 3.47. The number of hydrogen-bond donors (Lipinski definition) is 2. The minimum absolute atomic E-state index is 0.238. The number of piperazine rings is 1. The average Bonchev–Trinajstić information content (AvgIpc) is 2.74. The summed E-state index contributed by atoms with van der Waals surface area (Å²) < 4.78 is 0. The van der Waals surface area contributed by atoms with Crippen LogP contribution in [0.5, 0.6) is 0 Å². The molecule has 0 aromatic heterocycles. The first kappa shape index (κ1) is 21.0. The maximum Gasteiger partial charge on any atom is 0.321 e. The van der Waals surface area contributed by atoms with Gasteiger partial charge in [0.15, 0.2) is 0 Å². The summed E-state index contributed by atoms with van der Waals surface area (Å²) in [6.07, 6.45) is 0.330. The van der Waals surface area contributed by atoms with E-state index in [0.717, 1.165) is 38.3 Å². The van der Waals surface area contributed by atoms with Crippen LogP contribution in [0.3, 0.4) is 0 Å². The predicted octanol–water partition coefficient (Wildman–Crippen LogP) is 2.53. The maximum absolute atomic E-state index is 12.0. The summed E-state index contributed by atoms with van der Waals surface area (Å²) in [5, 5.41) is 5.12. The van der Waals surface area contributed by atoms with Gasteiger partial charge < -0.3 is 10.2 Å². The number of carbonyl (C=O) groups excluding carboxylic acids is 2. The first-order valence-electron chi connectivity index (χ1n) is 10.2. The number of urea groups is 1. The van der Waals surface area contributed by atoms with Crippen LogP contribution in [0.15, 0.2) is 54.6 Å². The van der Waals surface area contributed by atoms with Crippen LogP contribution in [0.4, 0.5) is 4.79 Å². The van der Waals surface area contributed by atoms with E-state index >= 15 is 0 Å². The van der Waals surface area contributed by atoms with Crippen LogP contribution < -0.4 is 10.6 Å². The van der Waals surface area contributed by atoms with Crippen molar-refractivity contribution in [1.82, 2.24) is 20.4 Å². The monoisotopic (exact) mass is 394 g/mol. The third kappa shape index (κ3) is 7.00. The summed E-state index contributed by atoms with van der Waals surface area (Å²) in [4.78, 5) is 28.6. The predicted molar refractivity (Wildman–Crippen MR) is 114 cm³/mol. The summed E-state index contributed by atoms with van der Waals surface area (Å²) in [5.74, 6) is -0.238. The van der Waals surface area contributed by atoms with E-state index in [1.165, 1.54) is 11.1 Å². The fourth-order valence-electron chi connectivity index (χ4n) is 3.47. The van der Waals surface area contributed by atoms with Crippen LogP contribution in [-0.4, -0.2) is 54.5 Å². The van der Waals surface area contributed by atoms with Gasteiger partial charge >= 0.3 is 6.03 Å². The number of nitrogens with one attached hydrogen (secondary N) is 2. The van der Waals surface area contributed by atoms with E-state index in [1.54, 1.807) is 0 Å². The highest BCUT2D eigenvalue weighted by molar-refractivity contribution is 5.94. The molecule has 1 heterocycles. The lowest BCUT2D eigenvalue weighted by molar-refractivity contribution is -0.120. The second-order valence-electron chi connectivity index (χ2n) is 7.51. The second-order valence-corrected chi connectivity index (χ2v) is 7.51. The van der Waals surface area contributed by atoms with Gasteiger partial charge in [-0.2, -0.15) is 0 Å². The minimum Gasteiger partial charge on any atom is -0.334 e. The van der Waals surface area contributed by atoms with Gasteiger partial charge in [0.1, 0.15) is 0 Å². The quantitative estimate of drug-likeness (QED) is 0.758. The number of carbonyl (C=O) groups is 2. The molecule has 1 saturated heterocycles. The zero-order valence-electron chi connectivity index (χ0n) is 17.1. The molecule has 3 rings (SSSR count). The van der Waals surface area contributed by atoms with Crippen molar-refractivity contribution in [2.24, 2.45) is 0 Å². The van der Waals surface area contributed by atoms with Gasteiger partial charge in [-0.25, -0.2) is 4.79 Å². The molecular weight excluding hydrogens is 364 g/mol. The summed E-state index contributed by atoms with van der Waals surface area (Å²) in [5.41, 5.74) is 3.71. The van der Waals surface area contributed by atoms with Gasteiger partial charge in [0.05, 0.1) is 0 Å². The first-order chi connectivity index (χ1) is 14.1. The second kappa shape index (κ2) is 10.7. The van der Waals surface area contributed by atoms with Crippen molar-refractivity contribution in [3.05, 3.63) is 71.3 Å². The Bertz CT molecular complexity index is 802. The highest BCUT2D eigenvalue weighted by Crippen LogP contribution is 2.12. The van der Waals surface area contributed by atoms with E-state index in [1.807, 2.05) is 30.3 Å². The van der Waals surface area contributed by atoms with E-state index in [0.29, 0.717) is 19.5 Å². The van der Waals surface area contributed by atoms with Gasteiger partial charge in [0, 0.05) is 52.2 Å². The molecule has 0 unspecified atom stereocenters. The molecule has 0 radical (unpaired) electrons. The van der Waals surface area contributed by atoms with Gasteiger partial charge in [-0.3, -0.25) is 15.0 Å². The normalized spacial score (nSPS) is 15.1. The van der Waals surface area contributed by atoms with Gasteiger partial charge in [-0.1, -0.05) is 54.6 Å². The van der Waals surface area contributed by atoms with Gasteiger partial charge in [0.2, 0.25) is 5.91 Å². The Balaban J connectivity index is 1.31. The van der Waals surface area contributed by atoms with Crippen molar-refractivity contribution in [2.75, 3.05) is 32.7 Å². The SMILES string of the molecule is Cc1ccccc1CN1CCN(CCC(=O)NC(=O)NCc2ccccc2)CC1. The number of amides is 3. The van der Waals surface area contributed by atoms with E-state index in [9.17, 15) is 9.59 Å². The molecule has 0 aliphatic carbocycles. The van der Waals surface area contributed by atoms with Crippen molar-refractivity contribution < 1.29 is 9.59 Å². The number of aryl methyl sites for hydroxylation is 1. The van der Waals surface area contributed by atoms with Crippen LogP contribution in [0.2, 0.25) is 0 Å². The van der Waals surface area contributed by atoms with Crippen LogP contribution in [-0.2, 0) is 17.9 Å². The number of nitrogens with zero attached hydrogens (tertiary/aromatic N) is 2. The van der Waals surface area contributed by atoms with Crippen molar-refractivity contribution in [3.63, 3.8) is 0 Å². The Kier molecular flexibility index (Phi) is 7.78. The average molecular weight is 395 g/mol. The number of hydrogen-bond acceptors (Lipinski definition) is 4. The Labute approximate surface area is 172 Å². The number of rotatable bonds is 7. The van der Waals surface area contributed by atoms with Gasteiger partial charge in [-0.05, 0) is 23.6 Å². The molecule has 29 heavy (non-hydrogen) atoms. The smallest absolute Gasteiger partial charge is 0.321 e. The standard InChI is InChI=1S/C23H30N4O2/c1-19-7-5-6-10-21(19)18-27-15-13-26(14-16-27)12-11-22(28)25-23(29)24-17-20-8-3-2-4-9-20/h2-10H,11-18H2,1H3,(H2,24,25,28,29). The highest BCUT2D eigenvalue weighted by atomic mass is 16.2. The number of benzene rings is 2. The lowest BCUT2D eigenvalue weighted by atomic mass is 10.1. The topological polar surface area (TPSA) is 64.7 Å². The summed E-state index contributed by atoms with van der Waals surface area (Å²) >= 11 is 0. The molecule has 2 N–H and O–H groups in total. The van der Waals surface area contributed by atoms with Crippen LogP contribution in [0.1, 0.15) is 23.1 Å². The van der Waals surface area contributed by atoms with Crippen molar-refractivity contribution in [1.29, 1.82) is 0 Å². The largest absolute Gasteiger partial charge is 0.334 e. The Morgan fingerprint density at radius 3 is 2.28 bits per heavy atom. The highest BCUT2D eigenvalue weighted by Gasteiger charge is 2.18. The van der Waals surface area contributed by atoms with E-state index in [-0.39, 0.29) is 5.91 Å². The van der Waals surface area contributed by atoms with Crippen molar-refractivity contribution in [3.8, 4) is 0 Å². The van der Waals surface area contributed by atoms with E-state index in [4.69, 9.17) is 0 Å². The molecule has 2 aromatic rings. The van der Waals surface area contributed by atoms with Crippen LogP contribution in [0.25, 0.3) is 0 Å². The molecular formula is C23H30N4O2. The summed E-state index contributed by atoms with van der Waals surface area (Å²) in [7, 11) is 0. The third-order valence-electron chi connectivity index (χ3n) is 5.32. The maximum atomic E-state index is 12.0. The Morgan fingerprint density at radius 2 is 1.55 bits per heavy atom. The number of imide groups is 1. The zero-order valence-corrected chi connectivity index (χ0v) is 17.1. The molecule has 6 nitrogen and oxygen atoms in total.